The molecule has 5 nitrogen and oxygen atoms in total. The van der Waals surface area contributed by atoms with Crippen molar-refractivity contribution < 1.29 is 23.8 Å². The SMILES string of the molecule is CC/C=C\C/C=C\C/C=C\C/C=C\CCCCC(=O)OCC(COCCCCCCCCCC)OC(=O)CCCCCCCCCCCCCCC. The van der Waals surface area contributed by atoms with Crippen LogP contribution in [-0.4, -0.2) is 37.9 Å². The lowest BCUT2D eigenvalue weighted by Gasteiger charge is -2.18. The van der Waals surface area contributed by atoms with Crippen LogP contribution >= 0.6 is 0 Å². The van der Waals surface area contributed by atoms with E-state index in [1.165, 1.54) is 109 Å². The van der Waals surface area contributed by atoms with Crippen LogP contribution in [0, 0.1) is 0 Å². The highest BCUT2D eigenvalue weighted by molar-refractivity contribution is 5.70. The summed E-state index contributed by atoms with van der Waals surface area (Å²) in [5.74, 6) is -0.441. The van der Waals surface area contributed by atoms with Crippen molar-refractivity contribution in [3.8, 4) is 0 Å². The molecule has 0 rings (SSSR count). The van der Waals surface area contributed by atoms with Crippen LogP contribution in [0.4, 0.5) is 0 Å². The second kappa shape index (κ2) is 43.3. The molecule has 0 aliphatic carbocycles. The minimum Gasteiger partial charge on any atom is -0.462 e. The Hall–Kier alpha value is -2.14. The summed E-state index contributed by atoms with van der Waals surface area (Å²) in [6, 6.07) is 0. The van der Waals surface area contributed by atoms with Gasteiger partial charge >= 0.3 is 11.9 Å². The zero-order valence-corrected chi connectivity index (χ0v) is 34.6. The zero-order valence-electron chi connectivity index (χ0n) is 34.6. The molecule has 0 fully saturated rings. The van der Waals surface area contributed by atoms with Crippen LogP contribution in [0.3, 0.4) is 0 Å². The number of carbonyl (C=O) groups excluding carboxylic acids is 2. The monoisotopic (exact) mass is 729 g/mol. The molecule has 0 amide bonds. The van der Waals surface area contributed by atoms with Crippen LogP contribution in [0.5, 0.6) is 0 Å². The Morgan fingerprint density at radius 3 is 1.38 bits per heavy atom. The van der Waals surface area contributed by atoms with Gasteiger partial charge in [0.2, 0.25) is 0 Å². The molecule has 0 aliphatic heterocycles. The van der Waals surface area contributed by atoms with E-state index in [9.17, 15) is 9.59 Å². The largest absolute Gasteiger partial charge is 0.462 e. The molecule has 1 unspecified atom stereocenters. The van der Waals surface area contributed by atoms with Crippen LogP contribution in [0.15, 0.2) is 48.6 Å². The van der Waals surface area contributed by atoms with E-state index in [1.54, 1.807) is 0 Å². The number of allylic oxidation sites excluding steroid dienone is 8. The summed E-state index contributed by atoms with van der Waals surface area (Å²) in [6.07, 6.45) is 51.1. The van der Waals surface area contributed by atoms with E-state index in [0.717, 1.165) is 70.6 Å². The van der Waals surface area contributed by atoms with Crippen LogP contribution < -0.4 is 0 Å². The Balaban J connectivity index is 4.26. The van der Waals surface area contributed by atoms with Crippen molar-refractivity contribution in [2.24, 2.45) is 0 Å². The molecule has 0 aromatic rings. The molecule has 0 aliphatic rings. The van der Waals surface area contributed by atoms with E-state index < -0.39 is 6.10 Å². The van der Waals surface area contributed by atoms with Crippen LogP contribution in [-0.2, 0) is 23.8 Å². The number of carbonyl (C=O) groups is 2. The van der Waals surface area contributed by atoms with Crippen molar-refractivity contribution in [3.63, 3.8) is 0 Å². The van der Waals surface area contributed by atoms with E-state index in [2.05, 4.69) is 69.4 Å². The maximum absolute atomic E-state index is 12.7. The second-order valence-electron chi connectivity index (χ2n) is 14.6. The van der Waals surface area contributed by atoms with Crippen LogP contribution in [0.2, 0.25) is 0 Å². The zero-order chi connectivity index (χ0) is 37.8. The fourth-order valence-electron chi connectivity index (χ4n) is 6.09. The molecule has 0 saturated heterocycles. The second-order valence-corrected chi connectivity index (χ2v) is 14.6. The van der Waals surface area contributed by atoms with E-state index in [4.69, 9.17) is 14.2 Å². The summed E-state index contributed by atoms with van der Waals surface area (Å²) in [5, 5.41) is 0. The van der Waals surface area contributed by atoms with Crippen LogP contribution in [0.1, 0.15) is 213 Å². The highest BCUT2D eigenvalue weighted by atomic mass is 16.6. The van der Waals surface area contributed by atoms with Gasteiger partial charge in [-0.1, -0.05) is 191 Å². The summed E-state index contributed by atoms with van der Waals surface area (Å²) in [7, 11) is 0. The predicted molar refractivity (Wildman–Crippen MR) is 224 cm³/mol. The van der Waals surface area contributed by atoms with Gasteiger partial charge in [-0.05, 0) is 57.8 Å². The fraction of sp³-hybridized carbons (Fsp3) is 0.787. The smallest absolute Gasteiger partial charge is 0.306 e. The van der Waals surface area contributed by atoms with E-state index >= 15 is 0 Å². The molecule has 52 heavy (non-hydrogen) atoms. The lowest BCUT2D eigenvalue weighted by atomic mass is 10.0. The molecular weight excluding hydrogens is 645 g/mol. The molecule has 0 bridgehead atoms. The van der Waals surface area contributed by atoms with Gasteiger partial charge in [0, 0.05) is 19.4 Å². The Bertz CT molecular complexity index is 873. The Morgan fingerprint density at radius 1 is 0.442 bits per heavy atom. The highest BCUT2D eigenvalue weighted by Crippen LogP contribution is 2.14. The van der Waals surface area contributed by atoms with Crippen molar-refractivity contribution in [2.45, 2.75) is 219 Å². The molecule has 0 heterocycles. The predicted octanol–water partition coefficient (Wildman–Crippen LogP) is 14.4. The average Bonchev–Trinajstić information content (AvgIpc) is 3.14. The van der Waals surface area contributed by atoms with Gasteiger partial charge in [-0.25, -0.2) is 0 Å². The normalized spacial score (nSPS) is 12.6. The number of rotatable bonds is 40. The lowest BCUT2D eigenvalue weighted by Crippen LogP contribution is -2.30. The van der Waals surface area contributed by atoms with Crippen LogP contribution in [0.25, 0.3) is 0 Å². The quantitative estimate of drug-likeness (QED) is 0.0357. The molecule has 5 heteroatoms. The summed E-state index contributed by atoms with van der Waals surface area (Å²) in [4.78, 5) is 25.2. The number of unbranched alkanes of at least 4 members (excludes halogenated alkanes) is 21. The van der Waals surface area contributed by atoms with Crippen molar-refractivity contribution in [1.29, 1.82) is 0 Å². The number of hydrogen-bond donors (Lipinski definition) is 0. The Kier molecular flexibility index (Phi) is 41.5. The maximum Gasteiger partial charge on any atom is 0.306 e. The van der Waals surface area contributed by atoms with Gasteiger partial charge in [-0.2, -0.15) is 0 Å². The third kappa shape index (κ3) is 40.6. The Morgan fingerprint density at radius 2 is 0.865 bits per heavy atom. The number of hydrogen-bond acceptors (Lipinski definition) is 5. The van der Waals surface area contributed by atoms with Gasteiger partial charge in [0.05, 0.1) is 6.61 Å². The maximum atomic E-state index is 12.7. The number of esters is 2. The molecule has 0 aromatic carbocycles. The molecule has 302 valence electrons. The standard InChI is InChI=1S/C47H84O5/c1-4-7-10-13-16-19-21-23-24-26-27-29-31-34-37-40-46(48)51-44-45(43-50-42-39-36-33-18-15-12-9-6-3)52-47(49)41-38-35-32-30-28-25-22-20-17-14-11-8-5-2/h7,10,16,19,23-24,27,29,45H,4-6,8-9,11-15,17-18,20-22,25-26,28,30-44H2,1-3H3/b10-7-,19-16-,24-23-,29-27-. The van der Waals surface area contributed by atoms with Gasteiger partial charge in [-0.3, -0.25) is 9.59 Å². The van der Waals surface area contributed by atoms with Gasteiger partial charge in [-0.15, -0.1) is 0 Å². The van der Waals surface area contributed by atoms with Crippen molar-refractivity contribution in [1.82, 2.24) is 0 Å². The first-order valence-corrected chi connectivity index (χ1v) is 22.2. The van der Waals surface area contributed by atoms with Crippen molar-refractivity contribution in [2.75, 3.05) is 19.8 Å². The van der Waals surface area contributed by atoms with Gasteiger partial charge in [0.15, 0.2) is 6.10 Å². The number of ether oxygens (including phenoxy) is 3. The third-order valence-corrected chi connectivity index (χ3v) is 9.38. The first kappa shape index (κ1) is 49.9. The molecule has 0 spiro atoms. The van der Waals surface area contributed by atoms with E-state index in [0.29, 0.717) is 19.4 Å². The highest BCUT2D eigenvalue weighted by Gasteiger charge is 2.17. The molecule has 0 saturated carbocycles. The summed E-state index contributed by atoms with van der Waals surface area (Å²) in [5.41, 5.74) is 0. The lowest BCUT2D eigenvalue weighted by molar-refractivity contribution is -0.163. The topological polar surface area (TPSA) is 61.8 Å². The molecular formula is C47H84O5. The van der Waals surface area contributed by atoms with Gasteiger partial charge < -0.3 is 14.2 Å². The van der Waals surface area contributed by atoms with Crippen molar-refractivity contribution >= 4 is 11.9 Å². The average molecular weight is 729 g/mol. The van der Waals surface area contributed by atoms with E-state index in [1.807, 2.05) is 0 Å². The molecule has 0 aromatic heterocycles. The van der Waals surface area contributed by atoms with Gasteiger partial charge in [0.1, 0.15) is 6.61 Å². The van der Waals surface area contributed by atoms with Crippen molar-refractivity contribution in [3.05, 3.63) is 48.6 Å². The minimum absolute atomic E-state index is 0.0669. The summed E-state index contributed by atoms with van der Waals surface area (Å²) < 4.78 is 17.2. The summed E-state index contributed by atoms with van der Waals surface area (Å²) >= 11 is 0. The fourth-order valence-corrected chi connectivity index (χ4v) is 6.09. The molecule has 1 atom stereocenters. The first-order chi connectivity index (χ1) is 25.6. The molecule has 0 radical (unpaired) electrons. The minimum atomic E-state index is -0.545. The molecule has 0 N–H and O–H groups in total. The first-order valence-electron chi connectivity index (χ1n) is 22.2. The van der Waals surface area contributed by atoms with Gasteiger partial charge in [0.25, 0.3) is 0 Å². The Labute approximate surface area is 322 Å². The van der Waals surface area contributed by atoms with E-state index in [-0.39, 0.29) is 25.2 Å². The summed E-state index contributed by atoms with van der Waals surface area (Å²) in [6.45, 7) is 7.66. The third-order valence-electron chi connectivity index (χ3n) is 9.38.